The number of aliphatic hydroxyl groups excluding tert-OH is 2. The monoisotopic (exact) mass is 226 g/mol. The summed E-state index contributed by atoms with van der Waals surface area (Å²) in [4.78, 5) is 0. The molecule has 0 saturated heterocycles. The van der Waals surface area contributed by atoms with Crippen LogP contribution >= 0.6 is 0 Å². The van der Waals surface area contributed by atoms with E-state index in [0.29, 0.717) is 0 Å². The topological polar surface area (TPSA) is 83.8 Å². The first-order valence-electron chi connectivity index (χ1n) is 2.33. The first kappa shape index (κ1) is 15.3. The van der Waals surface area contributed by atoms with Crippen molar-refractivity contribution in [3.8, 4) is 0 Å². The van der Waals surface area contributed by atoms with Crippen molar-refractivity contribution in [1.29, 1.82) is 0 Å². The molecule has 0 heterocycles. The van der Waals surface area contributed by atoms with Crippen LogP contribution in [-0.4, -0.2) is 31.0 Å². The van der Waals surface area contributed by atoms with E-state index < -0.39 is 21.5 Å². The molecule has 11 heavy (non-hydrogen) atoms. The fourth-order valence-electron chi connectivity index (χ4n) is 0.201. The average Bonchev–Trinajstić information content (AvgIpc) is 1.60. The van der Waals surface area contributed by atoms with E-state index >= 15 is 0 Å². The van der Waals surface area contributed by atoms with Crippen LogP contribution in [0.25, 0.3) is 0 Å². The van der Waals surface area contributed by atoms with Crippen LogP contribution in [0.2, 0.25) is 0 Å². The van der Waals surface area contributed by atoms with E-state index in [9.17, 15) is 8.42 Å². The Morgan fingerprint density at radius 2 is 1.82 bits per heavy atom. The van der Waals surface area contributed by atoms with Crippen LogP contribution in [0.4, 0.5) is 0 Å². The van der Waals surface area contributed by atoms with Crippen LogP contribution in [0, 0.1) is 0 Å². The molecule has 2 N–H and O–H groups in total. The van der Waals surface area contributed by atoms with Crippen LogP contribution < -0.4 is 51.4 Å². The third-order valence-electron chi connectivity index (χ3n) is 0.629. The van der Waals surface area contributed by atoms with Gasteiger partial charge in [-0.25, -0.2) is 8.42 Å². The van der Waals surface area contributed by atoms with E-state index in [-0.39, 0.29) is 51.4 Å². The van der Waals surface area contributed by atoms with E-state index in [1.54, 1.807) is 0 Å². The van der Waals surface area contributed by atoms with Crippen LogP contribution in [0.5, 0.6) is 0 Å². The Hall–Kier alpha value is 1.82. The number of hydrogen-bond acceptors (Lipinski definition) is 6. The molecular formula is C3H7KO5S2. The van der Waals surface area contributed by atoms with Crippen LogP contribution in [0.15, 0.2) is 0 Å². The third kappa shape index (κ3) is 9.73. The van der Waals surface area contributed by atoms with E-state index in [2.05, 4.69) is 15.8 Å². The van der Waals surface area contributed by atoms with Crippen molar-refractivity contribution in [1.82, 2.24) is 0 Å². The first-order chi connectivity index (χ1) is 4.33. The van der Waals surface area contributed by atoms with Crippen molar-refractivity contribution >= 4 is 20.8 Å². The number of hydrogen-bond donors (Lipinski definition) is 2. The Labute approximate surface area is 112 Å². The molecule has 0 aromatic rings. The Morgan fingerprint density at radius 1 is 1.45 bits per heavy atom. The molecule has 0 aliphatic carbocycles. The third-order valence-corrected chi connectivity index (χ3v) is 1.30. The van der Waals surface area contributed by atoms with Gasteiger partial charge in [0.1, 0.15) is 15.3 Å². The van der Waals surface area contributed by atoms with Crippen molar-refractivity contribution in [3.63, 3.8) is 0 Å². The maximum absolute atomic E-state index is 10.1. The minimum Gasteiger partial charge on any atom is -0.619 e. The SMILES string of the molecule is CC(O)C(O)OS(=O)(=O)[S-].[K+]. The number of rotatable bonds is 3. The molecule has 0 aromatic heterocycles. The summed E-state index contributed by atoms with van der Waals surface area (Å²) in [5.41, 5.74) is 0. The summed E-state index contributed by atoms with van der Waals surface area (Å²) in [6.45, 7) is 1.17. The van der Waals surface area contributed by atoms with Gasteiger partial charge in [-0.1, -0.05) is 0 Å². The van der Waals surface area contributed by atoms with Gasteiger partial charge in [0.25, 0.3) is 0 Å². The van der Waals surface area contributed by atoms with Crippen molar-refractivity contribution in [2.45, 2.75) is 19.3 Å². The molecule has 2 unspecified atom stereocenters. The van der Waals surface area contributed by atoms with Gasteiger partial charge in [0.15, 0.2) is 6.29 Å². The van der Waals surface area contributed by atoms with E-state index in [1.807, 2.05) is 0 Å². The zero-order valence-electron chi connectivity index (χ0n) is 6.09. The zero-order valence-corrected chi connectivity index (χ0v) is 10.8. The van der Waals surface area contributed by atoms with Gasteiger partial charge < -0.3 is 21.9 Å². The molecule has 0 spiro atoms. The molecule has 5 nitrogen and oxygen atoms in total. The Morgan fingerprint density at radius 3 is 1.91 bits per heavy atom. The quantitative estimate of drug-likeness (QED) is 0.218. The van der Waals surface area contributed by atoms with Gasteiger partial charge in [-0.05, 0) is 6.92 Å². The van der Waals surface area contributed by atoms with Gasteiger partial charge in [-0.2, -0.15) is 0 Å². The van der Waals surface area contributed by atoms with Crippen molar-refractivity contribution in [3.05, 3.63) is 0 Å². The summed E-state index contributed by atoms with van der Waals surface area (Å²) in [7, 11) is -4.10. The molecule has 0 aliphatic rings. The molecule has 62 valence electrons. The van der Waals surface area contributed by atoms with Gasteiger partial charge in [0.2, 0.25) is 0 Å². The summed E-state index contributed by atoms with van der Waals surface area (Å²) in [6, 6.07) is 0. The predicted octanol–water partition coefficient (Wildman–Crippen LogP) is -4.50. The van der Waals surface area contributed by atoms with Gasteiger partial charge >= 0.3 is 51.4 Å². The van der Waals surface area contributed by atoms with Crippen molar-refractivity contribution in [2.75, 3.05) is 0 Å². The second-order valence-electron chi connectivity index (χ2n) is 1.64. The molecule has 2 atom stereocenters. The molecule has 0 aromatic carbocycles. The van der Waals surface area contributed by atoms with Crippen LogP contribution in [0.1, 0.15) is 6.92 Å². The van der Waals surface area contributed by atoms with Gasteiger partial charge in [-0.15, -0.1) is 0 Å². The predicted molar refractivity (Wildman–Crippen MR) is 35.1 cm³/mol. The summed E-state index contributed by atoms with van der Waals surface area (Å²) < 4.78 is 23.9. The van der Waals surface area contributed by atoms with Gasteiger partial charge in [0.05, 0.1) is 0 Å². The normalized spacial score (nSPS) is 16.7. The van der Waals surface area contributed by atoms with Gasteiger partial charge in [-0.3, -0.25) is 4.18 Å². The minimum atomic E-state index is -4.10. The molecule has 0 saturated carbocycles. The second-order valence-corrected chi connectivity index (χ2v) is 3.87. The molecule has 0 bridgehead atoms. The summed E-state index contributed by atoms with van der Waals surface area (Å²) >= 11 is 3.76. The minimum absolute atomic E-state index is 0. The number of aliphatic hydroxyl groups is 2. The zero-order chi connectivity index (χ0) is 8.36. The van der Waals surface area contributed by atoms with Crippen LogP contribution in [0.3, 0.4) is 0 Å². The molecule has 8 heteroatoms. The maximum atomic E-state index is 10.1. The van der Waals surface area contributed by atoms with E-state index in [4.69, 9.17) is 10.2 Å². The summed E-state index contributed by atoms with van der Waals surface area (Å²) in [5, 5.41) is 17.0. The van der Waals surface area contributed by atoms with Crippen LogP contribution in [-0.2, 0) is 25.0 Å². The maximum Gasteiger partial charge on any atom is 1.00 e. The second kappa shape index (κ2) is 6.30. The largest absolute Gasteiger partial charge is 1.00 e. The van der Waals surface area contributed by atoms with E-state index in [0.717, 1.165) is 0 Å². The van der Waals surface area contributed by atoms with E-state index in [1.165, 1.54) is 6.92 Å². The molecule has 0 rings (SSSR count). The Kier molecular flexibility index (Phi) is 8.76. The molecular weight excluding hydrogens is 219 g/mol. The standard InChI is InChI=1S/C3H8O5S2.K/c1-2(4)3(5)8-10(6,7)9;/h2-5H,1H3,(H,6,7,9);/q;+1/p-1. The Balaban J connectivity index is 0. The van der Waals surface area contributed by atoms with Crippen molar-refractivity contribution < 1.29 is 74.2 Å². The molecule has 0 aliphatic heterocycles. The molecule has 0 radical (unpaired) electrons. The fraction of sp³-hybridized carbons (Fsp3) is 1.00. The summed E-state index contributed by atoms with van der Waals surface area (Å²) in [5.74, 6) is 0. The smallest absolute Gasteiger partial charge is 0.619 e. The van der Waals surface area contributed by atoms with Gasteiger partial charge in [0, 0.05) is 0 Å². The fourth-order valence-corrected chi connectivity index (χ4v) is 0.845. The molecule has 0 amide bonds. The first-order valence-corrected chi connectivity index (χ1v) is 4.66. The average molecular weight is 226 g/mol. The Bertz CT molecular complexity index is 188. The van der Waals surface area contributed by atoms with Crippen molar-refractivity contribution in [2.24, 2.45) is 0 Å². The molecule has 0 fully saturated rings. The summed E-state index contributed by atoms with van der Waals surface area (Å²) in [6.07, 6.45) is -3.06.